The van der Waals surface area contributed by atoms with E-state index in [-0.39, 0.29) is 5.91 Å². The van der Waals surface area contributed by atoms with Gasteiger partial charge >= 0.3 is 0 Å². The zero-order chi connectivity index (χ0) is 16.5. The maximum Gasteiger partial charge on any atom is 0.224 e. The molecule has 2 rings (SSSR count). The predicted molar refractivity (Wildman–Crippen MR) is 95.2 cm³/mol. The second kappa shape index (κ2) is 9.06. The fourth-order valence-corrected chi connectivity index (χ4v) is 2.48. The Hall–Kier alpha value is -2.20. The number of rotatable bonds is 8. The number of hydrogen-bond donors (Lipinski definition) is 2. The molecule has 0 aliphatic carbocycles. The van der Waals surface area contributed by atoms with Crippen molar-refractivity contribution in [3.63, 3.8) is 0 Å². The van der Waals surface area contributed by atoms with Crippen molar-refractivity contribution in [3.05, 3.63) is 48.3 Å². The lowest BCUT2D eigenvalue weighted by atomic mass is 10.0. The van der Waals surface area contributed by atoms with Crippen molar-refractivity contribution in [2.75, 3.05) is 11.9 Å². The average molecular weight is 311 g/mol. The van der Waals surface area contributed by atoms with Crippen LogP contribution >= 0.6 is 0 Å². The van der Waals surface area contributed by atoms with Gasteiger partial charge in [-0.3, -0.25) is 9.78 Å². The molecule has 1 amide bonds. The monoisotopic (exact) mass is 311 g/mol. The summed E-state index contributed by atoms with van der Waals surface area (Å²) in [5.74, 6) is 0.0766. The van der Waals surface area contributed by atoms with Gasteiger partial charge in [0.15, 0.2) is 0 Å². The number of anilines is 1. The standard InChI is InChI=1S/C19H25N3O/c1-15-7-8-17(16-9-12-21-13-10-16)14-18(15)22-19(23)6-4-2-3-5-11-20/h7-10,12-14H,2-6,11,20H2,1H3,(H,22,23). The summed E-state index contributed by atoms with van der Waals surface area (Å²) in [6, 6.07) is 10.1. The molecule has 0 unspecified atom stereocenters. The first-order chi connectivity index (χ1) is 11.2. The molecule has 1 aromatic heterocycles. The van der Waals surface area contributed by atoms with E-state index in [2.05, 4.69) is 16.4 Å². The Bertz CT molecular complexity index is 626. The van der Waals surface area contributed by atoms with Crippen molar-refractivity contribution >= 4 is 11.6 Å². The number of amides is 1. The molecule has 23 heavy (non-hydrogen) atoms. The first kappa shape index (κ1) is 17.2. The highest BCUT2D eigenvalue weighted by Crippen LogP contribution is 2.25. The second-order valence-electron chi connectivity index (χ2n) is 5.77. The first-order valence-electron chi connectivity index (χ1n) is 8.21. The highest BCUT2D eigenvalue weighted by molar-refractivity contribution is 5.92. The topological polar surface area (TPSA) is 68.0 Å². The molecule has 3 N–H and O–H groups in total. The van der Waals surface area contributed by atoms with Crippen LogP contribution in [0.4, 0.5) is 5.69 Å². The van der Waals surface area contributed by atoms with Gasteiger partial charge in [0.25, 0.3) is 0 Å². The molecule has 2 aromatic rings. The predicted octanol–water partition coefficient (Wildman–Crippen LogP) is 3.90. The summed E-state index contributed by atoms with van der Waals surface area (Å²) in [7, 11) is 0. The van der Waals surface area contributed by atoms with E-state index in [0.29, 0.717) is 6.42 Å². The van der Waals surface area contributed by atoms with E-state index in [1.807, 2.05) is 31.2 Å². The minimum absolute atomic E-state index is 0.0766. The van der Waals surface area contributed by atoms with E-state index in [1.165, 1.54) is 0 Å². The molecule has 0 radical (unpaired) electrons. The summed E-state index contributed by atoms with van der Waals surface area (Å²) in [5.41, 5.74) is 9.59. The van der Waals surface area contributed by atoms with Crippen LogP contribution in [0.1, 0.15) is 37.7 Å². The molecule has 0 fully saturated rings. The Labute approximate surface area is 138 Å². The van der Waals surface area contributed by atoms with Gasteiger partial charge in [-0.1, -0.05) is 25.0 Å². The van der Waals surface area contributed by atoms with Crippen LogP contribution in [0.25, 0.3) is 11.1 Å². The quantitative estimate of drug-likeness (QED) is 0.726. The highest BCUT2D eigenvalue weighted by atomic mass is 16.1. The molecule has 0 saturated heterocycles. The third kappa shape index (κ3) is 5.49. The van der Waals surface area contributed by atoms with E-state index in [0.717, 1.165) is 54.6 Å². The van der Waals surface area contributed by atoms with Gasteiger partial charge in [-0.25, -0.2) is 0 Å². The number of benzene rings is 1. The SMILES string of the molecule is Cc1ccc(-c2ccncc2)cc1NC(=O)CCCCCCN. The molecule has 0 bridgehead atoms. The Morgan fingerprint density at radius 3 is 2.52 bits per heavy atom. The van der Waals surface area contributed by atoms with E-state index >= 15 is 0 Å². The molecule has 1 heterocycles. The van der Waals surface area contributed by atoms with Crippen molar-refractivity contribution in [3.8, 4) is 11.1 Å². The normalized spacial score (nSPS) is 10.5. The number of nitrogens with two attached hydrogens (primary N) is 1. The van der Waals surface area contributed by atoms with E-state index in [1.54, 1.807) is 12.4 Å². The third-order valence-electron chi connectivity index (χ3n) is 3.88. The lowest BCUT2D eigenvalue weighted by Crippen LogP contribution is -2.12. The Balaban J connectivity index is 1.95. The van der Waals surface area contributed by atoms with Gasteiger partial charge in [-0.05, 0) is 61.2 Å². The van der Waals surface area contributed by atoms with Crippen LogP contribution in [0.2, 0.25) is 0 Å². The number of carbonyl (C=O) groups excluding carboxylic acids is 1. The summed E-state index contributed by atoms with van der Waals surface area (Å²) in [5, 5.41) is 3.03. The van der Waals surface area contributed by atoms with Gasteiger partial charge in [-0.2, -0.15) is 0 Å². The van der Waals surface area contributed by atoms with Gasteiger partial charge in [0, 0.05) is 24.5 Å². The van der Waals surface area contributed by atoms with Crippen LogP contribution in [0, 0.1) is 6.92 Å². The molecule has 1 aromatic carbocycles. The van der Waals surface area contributed by atoms with Crippen molar-refractivity contribution in [1.82, 2.24) is 4.98 Å². The van der Waals surface area contributed by atoms with Crippen molar-refractivity contribution in [1.29, 1.82) is 0 Å². The molecule has 122 valence electrons. The van der Waals surface area contributed by atoms with Gasteiger partial charge in [-0.15, -0.1) is 0 Å². The molecular weight excluding hydrogens is 286 g/mol. The van der Waals surface area contributed by atoms with Gasteiger partial charge in [0.2, 0.25) is 5.91 Å². The van der Waals surface area contributed by atoms with Crippen molar-refractivity contribution < 1.29 is 4.79 Å². The molecule has 0 spiro atoms. The van der Waals surface area contributed by atoms with Crippen LogP contribution in [0.3, 0.4) is 0 Å². The minimum Gasteiger partial charge on any atom is -0.330 e. The Morgan fingerprint density at radius 2 is 1.78 bits per heavy atom. The van der Waals surface area contributed by atoms with Crippen LogP contribution in [-0.2, 0) is 4.79 Å². The van der Waals surface area contributed by atoms with Gasteiger partial charge < -0.3 is 11.1 Å². The van der Waals surface area contributed by atoms with Crippen LogP contribution in [0.5, 0.6) is 0 Å². The Kier molecular flexibility index (Phi) is 6.76. The molecule has 0 aliphatic rings. The van der Waals surface area contributed by atoms with E-state index in [9.17, 15) is 4.79 Å². The number of hydrogen-bond acceptors (Lipinski definition) is 3. The first-order valence-corrected chi connectivity index (χ1v) is 8.21. The van der Waals surface area contributed by atoms with E-state index < -0.39 is 0 Å². The van der Waals surface area contributed by atoms with Crippen LogP contribution in [0.15, 0.2) is 42.7 Å². The van der Waals surface area contributed by atoms with Crippen LogP contribution in [-0.4, -0.2) is 17.4 Å². The molecule has 4 nitrogen and oxygen atoms in total. The number of nitrogens with zero attached hydrogens (tertiary/aromatic N) is 1. The smallest absolute Gasteiger partial charge is 0.224 e. The average Bonchev–Trinajstić information content (AvgIpc) is 2.57. The summed E-state index contributed by atoms with van der Waals surface area (Å²) in [6.07, 6.45) is 8.21. The maximum absolute atomic E-state index is 12.1. The van der Waals surface area contributed by atoms with Crippen molar-refractivity contribution in [2.45, 2.75) is 39.0 Å². The number of nitrogens with one attached hydrogen (secondary N) is 1. The lowest BCUT2D eigenvalue weighted by molar-refractivity contribution is -0.116. The molecule has 4 heteroatoms. The van der Waals surface area contributed by atoms with E-state index in [4.69, 9.17) is 5.73 Å². The number of aryl methyl sites for hydroxylation is 1. The highest BCUT2D eigenvalue weighted by Gasteiger charge is 2.07. The summed E-state index contributed by atoms with van der Waals surface area (Å²) < 4.78 is 0. The number of pyridine rings is 1. The number of carbonyl (C=O) groups is 1. The van der Waals surface area contributed by atoms with Crippen LogP contribution < -0.4 is 11.1 Å². The van der Waals surface area contributed by atoms with Crippen molar-refractivity contribution in [2.24, 2.45) is 5.73 Å². The fourth-order valence-electron chi connectivity index (χ4n) is 2.48. The maximum atomic E-state index is 12.1. The third-order valence-corrected chi connectivity index (χ3v) is 3.88. The number of unbranched alkanes of at least 4 members (excludes halogenated alkanes) is 3. The molecule has 0 saturated carbocycles. The number of aromatic nitrogens is 1. The zero-order valence-corrected chi connectivity index (χ0v) is 13.7. The minimum atomic E-state index is 0.0766. The van der Waals surface area contributed by atoms with Gasteiger partial charge in [0.05, 0.1) is 0 Å². The largest absolute Gasteiger partial charge is 0.330 e. The van der Waals surface area contributed by atoms with Gasteiger partial charge in [0.1, 0.15) is 0 Å². The summed E-state index contributed by atoms with van der Waals surface area (Å²) in [4.78, 5) is 16.1. The fraction of sp³-hybridized carbons (Fsp3) is 0.368. The molecule has 0 atom stereocenters. The molecular formula is C19H25N3O. The zero-order valence-electron chi connectivity index (χ0n) is 13.7. The second-order valence-corrected chi connectivity index (χ2v) is 5.77. The lowest BCUT2D eigenvalue weighted by Gasteiger charge is -2.11. The Morgan fingerprint density at radius 1 is 1.04 bits per heavy atom. The molecule has 0 aliphatic heterocycles. The summed E-state index contributed by atoms with van der Waals surface area (Å²) in [6.45, 7) is 2.74. The summed E-state index contributed by atoms with van der Waals surface area (Å²) >= 11 is 0.